The molecule has 1 aliphatic heterocycles. The van der Waals surface area contributed by atoms with Crippen molar-refractivity contribution in [3.05, 3.63) is 29.8 Å². The van der Waals surface area contributed by atoms with E-state index in [4.69, 9.17) is 4.74 Å². The summed E-state index contributed by atoms with van der Waals surface area (Å²) in [6.07, 6.45) is 1.50. The highest BCUT2D eigenvalue weighted by molar-refractivity contribution is 5.96. The number of hydrogen-bond acceptors (Lipinski definition) is 4. The molecular weight excluding hydrogens is 268 g/mol. The average molecular weight is 290 g/mol. The zero-order valence-electron chi connectivity index (χ0n) is 12.8. The summed E-state index contributed by atoms with van der Waals surface area (Å²) in [5.41, 5.74) is 2.00. The van der Waals surface area contributed by atoms with Crippen LogP contribution in [0.15, 0.2) is 24.3 Å². The molecule has 114 valence electrons. The van der Waals surface area contributed by atoms with Crippen molar-refractivity contribution >= 4 is 17.6 Å². The van der Waals surface area contributed by atoms with Crippen LogP contribution in [0.1, 0.15) is 25.8 Å². The maximum absolute atomic E-state index is 12.5. The maximum atomic E-state index is 12.5. The number of rotatable bonds is 4. The molecule has 1 amide bonds. The number of anilines is 1. The fraction of sp³-hybridized carbons (Fsp3) is 0.500. The average Bonchev–Trinajstić information content (AvgIpc) is 2.62. The van der Waals surface area contributed by atoms with Gasteiger partial charge in [0.05, 0.1) is 19.7 Å². The van der Waals surface area contributed by atoms with Crippen molar-refractivity contribution in [2.75, 3.05) is 19.0 Å². The van der Waals surface area contributed by atoms with Crippen LogP contribution < -0.4 is 5.32 Å². The molecule has 0 fully saturated rings. The summed E-state index contributed by atoms with van der Waals surface area (Å²) in [4.78, 5) is 26.0. The van der Waals surface area contributed by atoms with Crippen molar-refractivity contribution < 1.29 is 14.3 Å². The molecule has 0 saturated carbocycles. The monoisotopic (exact) mass is 290 g/mol. The zero-order valence-corrected chi connectivity index (χ0v) is 12.8. The molecule has 2 rings (SSSR count). The number of ether oxygens (including phenoxy) is 1. The Kier molecular flexibility index (Phi) is 4.96. The fourth-order valence-electron chi connectivity index (χ4n) is 2.68. The molecule has 5 nitrogen and oxygen atoms in total. The minimum absolute atomic E-state index is 0.0578. The van der Waals surface area contributed by atoms with Crippen LogP contribution in [-0.2, 0) is 20.7 Å². The Morgan fingerprint density at radius 3 is 2.81 bits per heavy atom. The molecule has 1 N–H and O–H groups in total. The molecule has 1 aromatic carbocycles. The lowest BCUT2D eigenvalue weighted by atomic mass is 10.0. The Bertz CT molecular complexity index is 528. The molecule has 5 heteroatoms. The number of fused-ring (bicyclic) bond motifs is 1. The standard InChI is InChI=1S/C16H22N2O3/c1-11(2)18(10-15(19)21-3)14-9-8-12-6-4-5-7-13(12)17-16(14)20/h4-7,11,14H,8-10H2,1-3H3,(H,17,20). The Morgan fingerprint density at radius 1 is 1.43 bits per heavy atom. The predicted octanol–water partition coefficient (Wildman–Crippen LogP) is 1.82. The van der Waals surface area contributed by atoms with Gasteiger partial charge in [-0.2, -0.15) is 0 Å². The van der Waals surface area contributed by atoms with Gasteiger partial charge in [-0.15, -0.1) is 0 Å². The maximum Gasteiger partial charge on any atom is 0.319 e. The third kappa shape index (κ3) is 3.61. The van der Waals surface area contributed by atoms with Gasteiger partial charge < -0.3 is 10.1 Å². The number of nitrogens with zero attached hydrogens (tertiary/aromatic N) is 1. The van der Waals surface area contributed by atoms with Gasteiger partial charge in [-0.1, -0.05) is 18.2 Å². The highest BCUT2D eigenvalue weighted by Gasteiger charge is 2.31. The fourth-order valence-corrected chi connectivity index (χ4v) is 2.68. The van der Waals surface area contributed by atoms with Crippen molar-refractivity contribution in [1.29, 1.82) is 0 Å². The van der Waals surface area contributed by atoms with Gasteiger partial charge in [0.15, 0.2) is 0 Å². The van der Waals surface area contributed by atoms with Gasteiger partial charge in [-0.05, 0) is 38.3 Å². The van der Waals surface area contributed by atoms with Gasteiger partial charge in [0, 0.05) is 11.7 Å². The Balaban J connectivity index is 2.19. The molecule has 1 atom stereocenters. The summed E-state index contributed by atoms with van der Waals surface area (Å²) in [5.74, 6) is -0.379. The molecule has 0 aromatic heterocycles. The summed E-state index contributed by atoms with van der Waals surface area (Å²) in [6.45, 7) is 4.09. The number of carbonyl (C=O) groups excluding carboxylic acids is 2. The second-order valence-corrected chi connectivity index (χ2v) is 5.54. The van der Waals surface area contributed by atoms with Crippen LogP contribution >= 0.6 is 0 Å². The number of benzene rings is 1. The Labute approximate surface area is 125 Å². The van der Waals surface area contributed by atoms with Crippen molar-refractivity contribution in [3.8, 4) is 0 Å². The smallest absolute Gasteiger partial charge is 0.319 e. The second kappa shape index (κ2) is 6.72. The van der Waals surface area contributed by atoms with Crippen LogP contribution in [0, 0.1) is 0 Å². The number of aryl methyl sites for hydroxylation is 1. The number of hydrogen-bond donors (Lipinski definition) is 1. The lowest BCUT2D eigenvalue weighted by Gasteiger charge is -2.32. The normalized spacial score (nSPS) is 18.1. The summed E-state index contributed by atoms with van der Waals surface area (Å²) < 4.78 is 4.74. The van der Waals surface area contributed by atoms with Gasteiger partial charge in [-0.25, -0.2) is 0 Å². The van der Waals surface area contributed by atoms with Gasteiger partial charge in [0.1, 0.15) is 0 Å². The van der Waals surface area contributed by atoms with Crippen LogP contribution in [0.3, 0.4) is 0 Å². The van der Waals surface area contributed by atoms with E-state index in [2.05, 4.69) is 5.32 Å². The van der Waals surface area contributed by atoms with Crippen LogP contribution in [-0.4, -0.2) is 42.5 Å². The first-order chi connectivity index (χ1) is 10.0. The predicted molar refractivity (Wildman–Crippen MR) is 81.0 cm³/mol. The highest BCUT2D eigenvalue weighted by atomic mass is 16.5. The van der Waals surface area contributed by atoms with Crippen molar-refractivity contribution in [3.63, 3.8) is 0 Å². The Morgan fingerprint density at radius 2 is 2.14 bits per heavy atom. The van der Waals surface area contributed by atoms with Crippen molar-refractivity contribution in [2.45, 2.75) is 38.8 Å². The van der Waals surface area contributed by atoms with Gasteiger partial charge in [-0.3, -0.25) is 14.5 Å². The van der Waals surface area contributed by atoms with Gasteiger partial charge in [0.2, 0.25) is 5.91 Å². The molecule has 0 bridgehead atoms. The van der Waals surface area contributed by atoms with Gasteiger partial charge >= 0.3 is 5.97 Å². The minimum Gasteiger partial charge on any atom is -0.468 e. The summed E-state index contributed by atoms with van der Waals surface area (Å²) in [6, 6.07) is 7.58. The van der Waals surface area contributed by atoms with E-state index in [1.807, 2.05) is 43.0 Å². The lowest BCUT2D eigenvalue weighted by Crippen LogP contribution is -2.49. The van der Waals surface area contributed by atoms with Crippen LogP contribution in [0.4, 0.5) is 5.69 Å². The molecular formula is C16H22N2O3. The van der Waals surface area contributed by atoms with E-state index in [-0.39, 0.29) is 30.5 Å². The Hall–Kier alpha value is -1.88. The van der Waals surface area contributed by atoms with E-state index >= 15 is 0 Å². The molecule has 0 radical (unpaired) electrons. The molecule has 0 saturated heterocycles. The van der Waals surface area contributed by atoms with Crippen LogP contribution in [0.25, 0.3) is 0 Å². The molecule has 0 aliphatic carbocycles. The number of para-hydroxylation sites is 1. The number of nitrogens with one attached hydrogen (secondary N) is 1. The SMILES string of the molecule is COC(=O)CN(C(C)C)C1CCc2ccccc2NC1=O. The van der Waals surface area contributed by atoms with E-state index in [1.54, 1.807) is 0 Å². The third-order valence-electron chi connectivity index (χ3n) is 3.87. The molecule has 0 spiro atoms. The van der Waals surface area contributed by atoms with Crippen LogP contribution in [0.2, 0.25) is 0 Å². The number of amides is 1. The second-order valence-electron chi connectivity index (χ2n) is 5.54. The summed E-state index contributed by atoms with van der Waals surface area (Å²) >= 11 is 0. The zero-order chi connectivity index (χ0) is 15.4. The van der Waals surface area contributed by atoms with E-state index in [0.29, 0.717) is 6.42 Å². The van der Waals surface area contributed by atoms with Crippen molar-refractivity contribution in [1.82, 2.24) is 4.90 Å². The van der Waals surface area contributed by atoms with E-state index in [0.717, 1.165) is 17.7 Å². The first-order valence-corrected chi connectivity index (χ1v) is 7.24. The first kappa shape index (κ1) is 15.5. The number of methoxy groups -OCH3 is 1. The molecule has 1 aliphatic rings. The summed E-state index contributed by atoms with van der Waals surface area (Å²) in [5, 5.41) is 2.97. The van der Waals surface area contributed by atoms with Gasteiger partial charge in [0.25, 0.3) is 0 Å². The molecule has 1 aromatic rings. The van der Waals surface area contributed by atoms with E-state index in [1.165, 1.54) is 7.11 Å². The minimum atomic E-state index is -0.323. The van der Waals surface area contributed by atoms with E-state index in [9.17, 15) is 9.59 Å². The number of carbonyl (C=O) groups is 2. The first-order valence-electron chi connectivity index (χ1n) is 7.24. The number of esters is 1. The highest BCUT2D eigenvalue weighted by Crippen LogP contribution is 2.24. The summed E-state index contributed by atoms with van der Waals surface area (Å²) in [7, 11) is 1.36. The lowest BCUT2D eigenvalue weighted by molar-refractivity contribution is -0.143. The quantitative estimate of drug-likeness (QED) is 0.859. The molecule has 1 heterocycles. The molecule has 21 heavy (non-hydrogen) atoms. The topological polar surface area (TPSA) is 58.6 Å². The van der Waals surface area contributed by atoms with Crippen LogP contribution in [0.5, 0.6) is 0 Å². The van der Waals surface area contributed by atoms with Crippen molar-refractivity contribution in [2.24, 2.45) is 0 Å². The molecule has 1 unspecified atom stereocenters. The third-order valence-corrected chi connectivity index (χ3v) is 3.87. The van der Waals surface area contributed by atoms with E-state index < -0.39 is 0 Å². The largest absolute Gasteiger partial charge is 0.468 e.